The normalized spacial score (nSPS) is 28.2. The summed E-state index contributed by atoms with van der Waals surface area (Å²) in [7, 11) is 1.69. The van der Waals surface area contributed by atoms with Crippen LogP contribution in [0.4, 0.5) is 4.79 Å². The molecule has 2 aliphatic heterocycles. The summed E-state index contributed by atoms with van der Waals surface area (Å²) in [6.07, 6.45) is 2.23. The Morgan fingerprint density at radius 3 is 2.46 bits per heavy atom. The lowest BCUT2D eigenvalue weighted by Crippen LogP contribution is -2.63. The van der Waals surface area contributed by atoms with Gasteiger partial charge in [-0.3, -0.25) is 4.90 Å². The number of piperidine rings is 2. The number of hydrogen-bond donors (Lipinski definition) is 1. The summed E-state index contributed by atoms with van der Waals surface area (Å²) in [5.41, 5.74) is 0.818. The zero-order valence-corrected chi connectivity index (χ0v) is 16.6. The van der Waals surface area contributed by atoms with Crippen LogP contribution in [0.3, 0.4) is 0 Å². The molecule has 1 saturated carbocycles. The van der Waals surface area contributed by atoms with Gasteiger partial charge in [0.25, 0.3) is 0 Å². The number of carbonyl (C=O) groups is 1. The summed E-state index contributed by atoms with van der Waals surface area (Å²) in [4.78, 5) is 14.6. The minimum absolute atomic E-state index is 0.326. The fraction of sp³-hybridized carbons (Fsp3) is 0.667. The van der Waals surface area contributed by atoms with Crippen LogP contribution in [0.1, 0.15) is 46.1 Å². The maximum Gasteiger partial charge on any atom is 0.407 e. The molecule has 144 valence electrons. The van der Waals surface area contributed by atoms with E-state index in [0.29, 0.717) is 24.5 Å². The molecule has 0 aromatic heterocycles. The summed E-state index contributed by atoms with van der Waals surface area (Å²) < 4.78 is 10.7. The standard InChI is InChI=1S/C21H32N2O3/c1-14-16-10-17(11-16)23(13-15-6-8-18(25-5)9-7-15)19(14)12-22-20(24)26-21(2,3)4/h6-9,14,16-17,19H,10-13H2,1-5H3,(H,22,24)/t14-,16?,17?,19-/m1/s1. The largest absolute Gasteiger partial charge is 0.497 e. The molecule has 1 aliphatic carbocycles. The van der Waals surface area contributed by atoms with Crippen molar-refractivity contribution in [2.45, 2.75) is 64.8 Å². The van der Waals surface area contributed by atoms with Gasteiger partial charge in [0.2, 0.25) is 0 Å². The van der Waals surface area contributed by atoms with Gasteiger partial charge in [-0.15, -0.1) is 0 Å². The average Bonchev–Trinajstić information content (AvgIpc) is 2.52. The van der Waals surface area contributed by atoms with Gasteiger partial charge < -0.3 is 14.8 Å². The van der Waals surface area contributed by atoms with Gasteiger partial charge in [-0.2, -0.15) is 0 Å². The quantitative estimate of drug-likeness (QED) is 0.867. The Morgan fingerprint density at radius 2 is 1.88 bits per heavy atom. The third kappa shape index (κ3) is 4.32. The van der Waals surface area contributed by atoms with Crippen LogP contribution in [0.15, 0.2) is 24.3 Å². The highest BCUT2D eigenvalue weighted by Gasteiger charge is 2.48. The molecule has 2 atom stereocenters. The molecule has 2 heterocycles. The molecule has 0 spiro atoms. The Hall–Kier alpha value is -1.75. The average molecular weight is 360 g/mol. The summed E-state index contributed by atoms with van der Waals surface area (Å²) >= 11 is 0. The smallest absolute Gasteiger partial charge is 0.407 e. The zero-order chi connectivity index (χ0) is 18.9. The lowest BCUT2D eigenvalue weighted by Gasteiger charge is -2.57. The van der Waals surface area contributed by atoms with Crippen molar-refractivity contribution in [3.05, 3.63) is 29.8 Å². The molecule has 2 bridgehead atoms. The number of nitrogens with zero attached hydrogens (tertiary/aromatic N) is 1. The lowest BCUT2D eigenvalue weighted by atomic mass is 9.64. The van der Waals surface area contributed by atoms with E-state index in [9.17, 15) is 4.79 Å². The van der Waals surface area contributed by atoms with Crippen LogP contribution < -0.4 is 10.1 Å². The number of methoxy groups -OCH3 is 1. The fourth-order valence-corrected chi connectivity index (χ4v) is 4.21. The van der Waals surface area contributed by atoms with Crippen molar-refractivity contribution in [1.29, 1.82) is 0 Å². The first-order valence-electron chi connectivity index (χ1n) is 9.62. The Kier molecular flexibility index (Phi) is 5.47. The van der Waals surface area contributed by atoms with E-state index < -0.39 is 5.60 Å². The number of fused-ring (bicyclic) bond motifs is 2. The first-order chi connectivity index (χ1) is 12.3. The van der Waals surface area contributed by atoms with Gasteiger partial charge in [-0.05, 0) is 63.1 Å². The molecule has 1 aromatic carbocycles. The van der Waals surface area contributed by atoms with E-state index in [1.54, 1.807) is 7.11 Å². The zero-order valence-electron chi connectivity index (χ0n) is 16.6. The van der Waals surface area contributed by atoms with E-state index in [1.807, 2.05) is 32.9 Å². The van der Waals surface area contributed by atoms with Gasteiger partial charge >= 0.3 is 6.09 Å². The van der Waals surface area contributed by atoms with Crippen LogP contribution >= 0.6 is 0 Å². The molecule has 2 saturated heterocycles. The highest BCUT2D eigenvalue weighted by atomic mass is 16.6. The van der Waals surface area contributed by atoms with E-state index >= 15 is 0 Å². The first-order valence-corrected chi connectivity index (χ1v) is 9.62. The van der Waals surface area contributed by atoms with E-state index in [-0.39, 0.29) is 6.09 Å². The Morgan fingerprint density at radius 1 is 1.23 bits per heavy atom. The van der Waals surface area contributed by atoms with Crippen LogP contribution in [0.25, 0.3) is 0 Å². The van der Waals surface area contributed by atoms with Crippen LogP contribution in [-0.2, 0) is 11.3 Å². The summed E-state index contributed by atoms with van der Waals surface area (Å²) in [5, 5.41) is 2.99. The van der Waals surface area contributed by atoms with Gasteiger partial charge in [0.05, 0.1) is 7.11 Å². The molecule has 1 amide bonds. The van der Waals surface area contributed by atoms with Crippen molar-refractivity contribution in [1.82, 2.24) is 10.2 Å². The summed E-state index contributed by atoms with van der Waals surface area (Å²) in [5.74, 6) is 2.25. The molecule has 5 nitrogen and oxygen atoms in total. The molecule has 26 heavy (non-hydrogen) atoms. The Bertz CT molecular complexity index is 617. The second-order valence-corrected chi connectivity index (χ2v) is 8.71. The summed E-state index contributed by atoms with van der Waals surface area (Å²) in [6, 6.07) is 9.27. The lowest BCUT2D eigenvalue weighted by molar-refractivity contribution is -0.0787. The minimum Gasteiger partial charge on any atom is -0.497 e. The molecule has 0 radical (unpaired) electrons. The molecule has 4 rings (SSSR count). The van der Waals surface area contributed by atoms with Crippen molar-refractivity contribution in [3.63, 3.8) is 0 Å². The highest BCUT2D eigenvalue weighted by Crippen LogP contribution is 2.46. The molecule has 0 unspecified atom stereocenters. The monoisotopic (exact) mass is 360 g/mol. The number of benzene rings is 1. The van der Waals surface area contributed by atoms with E-state index in [2.05, 4.69) is 29.3 Å². The highest BCUT2D eigenvalue weighted by molar-refractivity contribution is 5.67. The summed E-state index contributed by atoms with van der Waals surface area (Å²) in [6.45, 7) is 9.54. The second-order valence-electron chi connectivity index (χ2n) is 8.71. The molecular weight excluding hydrogens is 328 g/mol. The molecule has 5 heteroatoms. The Balaban J connectivity index is 1.64. The van der Waals surface area contributed by atoms with Crippen LogP contribution in [0, 0.1) is 11.8 Å². The van der Waals surface area contributed by atoms with Crippen LogP contribution in [0.2, 0.25) is 0 Å². The number of amides is 1. The second kappa shape index (κ2) is 7.47. The predicted octanol–water partition coefficient (Wildman–Crippen LogP) is 3.82. The maximum atomic E-state index is 12.1. The third-order valence-electron chi connectivity index (χ3n) is 5.77. The number of ether oxygens (including phenoxy) is 2. The third-order valence-corrected chi connectivity index (χ3v) is 5.77. The van der Waals surface area contributed by atoms with Crippen molar-refractivity contribution in [2.24, 2.45) is 11.8 Å². The first kappa shape index (κ1) is 19.0. The minimum atomic E-state index is -0.465. The Labute approximate surface area is 157 Å². The number of hydrogen-bond acceptors (Lipinski definition) is 4. The number of nitrogens with one attached hydrogen (secondary N) is 1. The number of carbonyl (C=O) groups excluding carboxylic acids is 1. The molecular formula is C21H32N2O3. The SMILES string of the molecule is COc1ccc(CN2C3CC(C3)[C@@H](C)[C@H]2CNC(=O)OC(C)(C)C)cc1. The fourth-order valence-electron chi connectivity index (χ4n) is 4.21. The topological polar surface area (TPSA) is 50.8 Å². The van der Waals surface area contributed by atoms with Crippen LogP contribution in [0.5, 0.6) is 5.75 Å². The van der Waals surface area contributed by atoms with Crippen molar-refractivity contribution in [2.75, 3.05) is 13.7 Å². The molecule has 3 aliphatic rings. The van der Waals surface area contributed by atoms with Gasteiger partial charge in [0.1, 0.15) is 11.4 Å². The van der Waals surface area contributed by atoms with Crippen molar-refractivity contribution in [3.8, 4) is 5.75 Å². The van der Waals surface area contributed by atoms with E-state index in [0.717, 1.165) is 18.2 Å². The number of alkyl carbamates (subject to hydrolysis) is 1. The van der Waals surface area contributed by atoms with Gasteiger partial charge in [-0.25, -0.2) is 4.79 Å². The number of rotatable bonds is 5. The molecule has 3 fully saturated rings. The van der Waals surface area contributed by atoms with Crippen molar-refractivity contribution < 1.29 is 14.3 Å². The van der Waals surface area contributed by atoms with E-state index in [1.165, 1.54) is 18.4 Å². The maximum absolute atomic E-state index is 12.1. The van der Waals surface area contributed by atoms with Gasteiger partial charge in [0, 0.05) is 25.2 Å². The molecule has 1 aromatic rings. The van der Waals surface area contributed by atoms with Gasteiger partial charge in [0.15, 0.2) is 0 Å². The molecule has 1 N–H and O–H groups in total. The van der Waals surface area contributed by atoms with E-state index in [4.69, 9.17) is 9.47 Å². The van der Waals surface area contributed by atoms with Gasteiger partial charge in [-0.1, -0.05) is 19.1 Å². The predicted molar refractivity (Wildman–Crippen MR) is 102 cm³/mol. The van der Waals surface area contributed by atoms with Crippen LogP contribution in [-0.4, -0.2) is 42.3 Å². The van der Waals surface area contributed by atoms with Crippen molar-refractivity contribution >= 4 is 6.09 Å².